The summed E-state index contributed by atoms with van der Waals surface area (Å²) in [5, 5.41) is 3.84. The fourth-order valence-corrected chi connectivity index (χ4v) is 2.13. The molecule has 1 saturated heterocycles. The lowest BCUT2D eigenvalue weighted by atomic mass is 10.0. The van der Waals surface area contributed by atoms with Gasteiger partial charge in [-0.1, -0.05) is 29.8 Å². The summed E-state index contributed by atoms with van der Waals surface area (Å²) in [6, 6.07) is 7.41. The maximum absolute atomic E-state index is 11.8. The summed E-state index contributed by atoms with van der Waals surface area (Å²) in [6.45, 7) is 1.98. The summed E-state index contributed by atoms with van der Waals surface area (Å²) >= 11 is 5.99. The number of rotatable bonds is 3. The van der Waals surface area contributed by atoms with Crippen LogP contribution in [0.2, 0.25) is 5.02 Å². The van der Waals surface area contributed by atoms with Gasteiger partial charge in [0.1, 0.15) is 6.61 Å². The van der Waals surface area contributed by atoms with Crippen molar-refractivity contribution in [2.75, 3.05) is 13.1 Å². The number of hydrogen-bond acceptors (Lipinski definition) is 3. The molecule has 1 aromatic carbocycles. The zero-order chi connectivity index (χ0) is 12.1. The predicted molar refractivity (Wildman–Crippen MR) is 66.8 cm³/mol. The van der Waals surface area contributed by atoms with Crippen molar-refractivity contribution in [2.45, 2.75) is 19.4 Å². The van der Waals surface area contributed by atoms with Crippen molar-refractivity contribution >= 4 is 17.6 Å². The Morgan fingerprint density at radius 2 is 2.29 bits per heavy atom. The number of esters is 1. The Hall–Kier alpha value is -1.06. The van der Waals surface area contributed by atoms with Gasteiger partial charge in [-0.05, 0) is 25.5 Å². The molecule has 0 spiro atoms. The van der Waals surface area contributed by atoms with E-state index in [-0.39, 0.29) is 18.5 Å². The lowest BCUT2D eigenvalue weighted by molar-refractivity contribution is -0.150. The zero-order valence-electron chi connectivity index (χ0n) is 9.62. The van der Waals surface area contributed by atoms with Gasteiger partial charge in [0.2, 0.25) is 0 Å². The number of carbonyl (C=O) groups is 1. The van der Waals surface area contributed by atoms with Crippen LogP contribution in [0.4, 0.5) is 0 Å². The number of halogens is 1. The van der Waals surface area contributed by atoms with Crippen molar-refractivity contribution in [2.24, 2.45) is 5.92 Å². The van der Waals surface area contributed by atoms with Crippen LogP contribution in [0.25, 0.3) is 0 Å². The zero-order valence-corrected chi connectivity index (χ0v) is 10.4. The Balaban J connectivity index is 1.85. The number of ether oxygens (including phenoxy) is 1. The molecular formula is C13H16ClNO2. The predicted octanol–water partition coefficient (Wildman–Crippen LogP) is 2.38. The van der Waals surface area contributed by atoms with Crippen LogP contribution in [0.1, 0.15) is 18.4 Å². The highest BCUT2D eigenvalue weighted by molar-refractivity contribution is 6.31. The van der Waals surface area contributed by atoms with Gasteiger partial charge < -0.3 is 10.1 Å². The molecule has 0 aromatic heterocycles. The van der Waals surface area contributed by atoms with Crippen molar-refractivity contribution in [1.82, 2.24) is 5.32 Å². The average Bonchev–Trinajstić information content (AvgIpc) is 2.38. The molecule has 3 nitrogen and oxygen atoms in total. The van der Waals surface area contributed by atoms with E-state index in [2.05, 4.69) is 5.32 Å². The summed E-state index contributed by atoms with van der Waals surface area (Å²) in [4.78, 5) is 11.8. The Labute approximate surface area is 106 Å². The van der Waals surface area contributed by atoms with Crippen LogP contribution in [0.5, 0.6) is 0 Å². The molecule has 0 amide bonds. The normalized spacial score (nSPS) is 19.9. The molecule has 1 atom stereocenters. The molecule has 4 heteroatoms. The van der Waals surface area contributed by atoms with Crippen LogP contribution < -0.4 is 5.32 Å². The molecule has 17 heavy (non-hydrogen) atoms. The molecule has 1 fully saturated rings. The molecular weight excluding hydrogens is 238 g/mol. The van der Waals surface area contributed by atoms with Gasteiger partial charge in [-0.3, -0.25) is 4.79 Å². The monoisotopic (exact) mass is 253 g/mol. The fraction of sp³-hybridized carbons (Fsp3) is 0.462. The van der Waals surface area contributed by atoms with Crippen molar-refractivity contribution in [3.05, 3.63) is 34.9 Å². The second-order valence-corrected chi connectivity index (χ2v) is 4.65. The SMILES string of the molecule is O=C(OCc1ccccc1Cl)C1CCCNC1. The molecule has 0 bridgehead atoms. The summed E-state index contributed by atoms with van der Waals surface area (Å²) in [7, 11) is 0. The maximum atomic E-state index is 11.8. The molecule has 1 aromatic rings. The Morgan fingerprint density at radius 1 is 1.47 bits per heavy atom. The standard InChI is InChI=1S/C13H16ClNO2/c14-12-6-2-1-4-11(12)9-17-13(16)10-5-3-7-15-8-10/h1-2,4,6,10,15H,3,5,7-9H2. The second kappa shape index (κ2) is 6.03. The highest BCUT2D eigenvalue weighted by Crippen LogP contribution is 2.17. The first-order valence-corrected chi connectivity index (χ1v) is 6.26. The quantitative estimate of drug-likeness (QED) is 0.841. The van der Waals surface area contributed by atoms with Crippen LogP contribution >= 0.6 is 11.6 Å². The third-order valence-corrected chi connectivity index (χ3v) is 3.33. The molecule has 0 saturated carbocycles. The van der Waals surface area contributed by atoms with Crippen molar-refractivity contribution < 1.29 is 9.53 Å². The Morgan fingerprint density at radius 3 is 3.00 bits per heavy atom. The number of piperidine rings is 1. The Bertz CT molecular complexity index is 389. The van der Waals surface area contributed by atoms with Crippen molar-refractivity contribution in [3.8, 4) is 0 Å². The Kier molecular flexibility index (Phi) is 4.40. The van der Waals surface area contributed by atoms with Gasteiger partial charge >= 0.3 is 5.97 Å². The van der Waals surface area contributed by atoms with Crippen LogP contribution in [0.15, 0.2) is 24.3 Å². The molecule has 1 aliphatic heterocycles. The van der Waals surface area contributed by atoms with E-state index < -0.39 is 0 Å². The average molecular weight is 254 g/mol. The third-order valence-electron chi connectivity index (χ3n) is 2.96. The first-order chi connectivity index (χ1) is 8.27. The van der Waals surface area contributed by atoms with Gasteiger partial charge in [-0.2, -0.15) is 0 Å². The third kappa shape index (κ3) is 3.45. The van der Waals surface area contributed by atoms with E-state index >= 15 is 0 Å². The van der Waals surface area contributed by atoms with Gasteiger partial charge in [0.25, 0.3) is 0 Å². The summed E-state index contributed by atoms with van der Waals surface area (Å²) in [5.74, 6) is -0.136. The molecule has 1 unspecified atom stereocenters. The van der Waals surface area contributed by atoms with Gasteiger partial charge in [0.05, 0.1) is 5.92 Å². The fourth-order valence-electron chi connectivity index (χ4n) is 1.94. The molecule has 2 rings (SSSR count). The minimum atomic E-state index is -0.128. The second-order valence-electron chi connectivity index (χ2n) is 4.24. The largest absolute Gasteiger partial charge is 0.461 e. The first kappa shape index (κ1) is 12.4. The van der Waals surface area contributed by atoms with Gasteiger partial charge in [0.15, 0.2) is 0 Å². The smallest absolute Gasteiger partial charge is 0.310 e. The number of carbonyl (C=O) groups excluding carboxylic acids is 1. The van der Waals surface area contributed by atoms with Gasteiger partial charge in [0, 0.05) is 17.1 Å². The number of nitrogens with one attached hydrogen (secondary N) is 1. The highest BCUT2D eigenvalue weighted by atomic mass is 35.5. The highest BCUT2D eigenvalue weighted by Gasteiger charge is 2.22. The topological polar surface area (TPSA) is 38.3 Å². The molecule has 1 heterocycles. The molecule has 1 aliphatic rings. The summed E-state index contributed by atoms with van der Waals surface area (Å²) in [5.41, 5.74) is 0.853. The summed E-state index contributed by atoms with van der Waals surface area (Å²) in [6.07, 6.45) is 1.94. The van der Waals surface area contributed by atoms with E-state index in [0.717, 1.165) is 31.5 Å². The van der Waals surface area contributed by atoms with E-state index in [9.17, 15) is 4.79 Å². The van der Waals surface area contributed by atoms with E-state index in [1.54, 1.807) is 6.07 Å². The van der Waals surface area contributed by atoms with E-state index in [1.807, 2.05) is 18.2 Å². The van der Waals surface area contributed by atoms with Gasteiger partial charge in [-0.25, -0.2) is 0 Å². The van der Waals surface area contributed by atoms with Crippen LogP contribution in [-0.2, 0) is 16.1 Å². The minimum absolute atomic E-state index is 0.00811. The molecule has 92 valence electrons. The summed E-state index contributed by atoms with van der Waals surface area (Å²) < 4.78 is 5.28. The maximum Gasteiger partial charge on any atom is 0.310 e. The first-order valence-electron chi connectivity index (χ1n) is 5.88. The number of benzene rings is 1. The van der Waals surface area contributed by atoms with E-state index in [4.69, 9.17) is 16.3 Å². The van der Waals surface area contributed by atoms with Crippen LogP contribution in [-0.4, -0.2) is 19.1 Å². The van der Waals surface area contributed by atoms with Gasteiger partial charge in [-0.15, -0.1) is 0 Å². The lowest BCUT2D eigenvalue weighted by Crippen LogP contribution is -2.35. The van der Waals surface area contributed by atoms with Crippen molar-refractivity contribution in [3.63, 3.8) is 0 Å². The van der Waals surface area contributed by atoms with Crippen LogP contribution in [0.3, 0.4) is 0 Å². The van der Waals surface area contributed by atoms with Crippen LogP contribution in [0, 0.1) is 5.92 Å². The van der Waals surface area contributed by atoms with E-state index in [1.165, 1.54) is 0 Å². The number of hydrogen-bond donors (Lipinski definition) is 1. The van der Waals surface area contributed by atoms with E-state index in [0.29, 0.717) is 5.02 Å². The molecule has 0 radical (unpaired) electrons. The molecule has 1 N–H and O–H groups in total. The van der Waals surface area contributed by atoms with Crippen molar-refractivity contribution in [1.29, 1.82) is 0 Å². The molecule has 0 aliphatic carbocycles. The lowest BCUT2D eigenvalue weighted by Gasteiger charge is -2.21. The minimum Gasteiger partial charge on any atom is -0.461 e.